The first-order chi connectivity index (χ1) is 7.31. The van der Waals surface area contributed by atoms with Crippen LogP contribution in [0.25, 0.3) is 6.08 Å². The van der Waals surface area contributed by atoms with Crippen molar-refractivity contribution in [2.24, 2.45) is 0 Å². The molecule has 0 radical (unpaired) electrons. The van der Waals surface area contributed by atoms with Gasteiger partial charge in [0, 0.05) is 0 Å². The second-order valence-corrected chi connectivity index (χ2v) is 9.26. The molecular weight excluding hydrogens is 247 g/mol. The van der Waals surface area contributed by atoms with Crippen molar-refractivity contribution in [1.82, 2.24) is 0 Å². The molecule has 0 aliphatic heterocycles. The summed E-state index contributed by atoms with van der Waals surface area (Å²) in [7, 11) is 0. The van der Waals surface area contributed by atoms with E-state index in [0.717, 1.165) is 11.8 Å². The Morgan fingerprint density at radius 2 is 1.73 bits per heavy atom. The first-order valence-electron chi connectivity index (χ1n) is 5.28. The second-order valence-electron chi connectivity index (χ2n) is 3.26. The summed E-state index contributed by atoms with van der Waals surface area (Å²) in [5.74, 6) is 0. The van der Waals surface area contributed by atoms with Crippen molar-refractivity contribution in [3.8, 4) is 0 Å². The van der Waals surface area contributed by atoms with E-state index >= 15 is 0 Å². The van der Waals surface area contributed by atoms with Crippen molar-refractivity contribution in [2.75, 3.05) is 0 Å². The van der Waals surface area contributed by atoms with Crippen LogP contribution >= 0.6 is 0 Å². The van der Waals surface area contributed by atoms with Crippen LogP contribution in [0.3, 0.4) is 0 Å². The average Bonchev–Trinajstić information content (AvgIpc) is 2.29. The summed E-state index contributed by atoms with van der Waals surface area (Å²) >= 11 is -0.760. The number of benzene rings is 1. The van der Waals surface area contributed by atoms with E-state index in [2.05, 4.69) is 38.1 Å². The summed E-state index contributed by atoms with van der Waals surface area (Å²) in [5, 5.41) is 2.65. The van der Waals surface area contributed by atoms with E-state index in [-0.39, 0.29) is 0 Å². The van der Waals surface area contributed by atoms with Crippen LogP contribution in [0.15, 0.2) is 30.3 Å². The van der Waals surface area contributed by atoms with Gasteiger partial charge in [-0.2, -0.15) is 0 Å². The Morgan fingerprint density at radius 3 is 2.20 bits per heavy atom. The predicted molar refractivity (Wildman–Crippen MR) is 67.9 cm³/mol. The quantitative estimate of drug-likeness (QED) is 0.454. The molecule has 0 N–H and O–H groups in total. The Morgan fingerprint density at radius 1 is 1.13 bits per heavy atom. The molecule has 2 heteroatoms. The van der Waals surface area contributed by atoms with E-state index in [1.807, 2.05) is 6.08 Å². The van der Waals surface area contributed by atoms with Gasteiger partial charge in [-0.05, 0) is 0 Å². The number of aldehydes is 1. The Hall–Kier alpha value is -0.812. The van der Waals surface area contributed by atoms with Gasteiger partial charge in [-0.3, -0.25) is 0 Å². The standard InChI is InChI=1S/C13H17AsO/c1-3-14(4-2)13-9-7-12(8-10-13)6-5-11-15/h5-11H,3-4H2,1-2H3. The summed E-state index contributed by atoms with van der Waals surface area (Å²) in [4.78, 5) is 10.2. The van der Waals surface area contributed by atoms with Gasteiger partial charge in [0.1, 0.15) is 0 Å². The molecule has 0 saturated heterocycles. The van der Waals surface area contributed by atoms with E-state index in [4.69, 9.17) is 0 Å². The minimum atomic E-state index is -0.760. The molecule has 0 unspecified atom stereocenters. The van der Waals surface area contributed by atoms with Gasteiger partial charge >= 0.3 is 96.3 Å². The van der Waals surface area contributed by atoms with Crippen molar-refractivity contribution in [1.29, 1.82) is 0 Å². The van der Waals surface area contributed by atoms with Crippen LogP contribution in [0, 0.1) is 0 Å². The molecule has 1 nitrogen and oxygen atoms in total. The summed E-state index contributed by atoms with van der Waals surface area (Å²) < 4.78 is 1.54. The monoisotopic (exact) mass is 264 g/mol. The van der Waals surface area contributed by atoms with Crippen LogP contribution in [0.2, 0.25) is 10.4 Å². The molecule has 0 amide bonds. The van der Waals surface area contributed by atoms with Gasteiger partial charge < -0.3 is 0 Å². The van der Waals surface area contributed by atoms with E-state index in [0.29, 0.717) is 0 Å². The minimum absolute atomic E-state index is 0.760. The third kappa shape index (κ3) is 3.68. The number of rotatable bonds is 5. The predicted octanol–water partition coefficient (Wildman–Crippen LogP) is 2.64. The third-order valence-electron chi connectivity index (χ3n) is 2.39. The number of hydrogen-bond donors (Lipinski definition) is 0. The summed E-state index contributed by atoms with van der Waals surface area (Å²) in [6.07, 6.45) is 4.18. The van der Waals surface area contributed by atoms with Gasteiger partial charge in [-0.1, -0.05) is 0 Å². The Kier molecular flexibility index (Phi) is 5.42. The zero-order valence-electron chi connectivity index (χ0n) is 9.31. The van der Waals surface area contributed by atoms with Crippen LogP contribution in [-0.2, 0) is 4.79 Å². The first-order valence-corrected chi connectivity index (χ1v) is 8.87. The number of allylic oxidation sites excluding steroid dienone is 1. The summed E-state index contributed by atoms with van der Waals surface area (Å²) in [5.41, 5.74) is 1.10. The van der Waals surface area contributed by atoms with Crippen LogP contribution in [0.1, 0.15) is 19.4 Å². The maximum atomic E-state index is 10.2. The molecule has 0 heterocycles. The molecular formula is C13H17AsO. The fourth-order valence-electron chi connectivity index (χ4n) is 1.54. The molecule has 1 aromatic rings. The van der Waals surface area contributed by atoms with Gasteiger partial charge in [0.2, 0.25) is 0 Å². The Balaban J connectivity index is 2.79. The van der Waals surface area contributed by atoms with Gasteiger partial charge in [-0.25, -0.2) is 0 Å². The molecule has 0 fully saturated rings. The van der Waals surface area contributed by atoms with Crippen molar-refractivity contribution in [3.63, 3.8) is 0 Å². The molecule has 80 valence electrons. The van der Waals surface area contributed by atoms with Crippen LogP contribution in [-0.4, -0.2) is 20.9 Å². The van der Waals surface area contributed by atoms with E-state index in [1.165, 1.54) is 20.8 Å². The first kappa shape index (κ1) is 12.3. The molecule has 0 aliphatic carbocycles. The second kappa shape index (κ2) is 6.63. The number of hydrogen-bond acceptors (Lipinski definition) is 1. The van der Waals surface area contributed by atoms with Crippen molar-refractivity contribution >= 4 is 31.4 Å². The van der Waals surface area contributed by atoms with Crippen molar-refractivity contribution < 1.29 is 4.79 Å². The number of carbonyl (C=O) groups is 1. The van der Waals surface area contributed by atoms with E-state index < -0.39 is 14.7 Å². The maximum absolute atomic E-state index is 10.2. The fourth-order valence-corrected chi connectivity index (χ4v) is 5.20. The average molecular weight is 264 g/mol. The zero-order chi connectivity index (χ0) is 11.1. The third-order valence-corrected chi connectivity index (χ3v) is 7.75. The normalized spacial score (nSPS) is 11.1. The Bertz CT molecular complexity index is 323. The van der Waals surface area contributed by atoms with Crippen molar-refractivity contribution in [3.05, 3.63) is 35.9 Å². The van der Waals surface area contributed by atoms with E-state index in [9.17, 15) is 4.79 Å². The molecule has 0 atom stereocenters. The van der Waals surface area contributed by atoms with E-state index in [1.54, 1.807) is 0 Å². The topological polar surface area (TPSA) is 17.1 Å². The molecule has 15 heavy (non-hydrogen) atoms. The van der Waals surface area contributed by atoms with Gasteiger partial charge in [0.15, 0.2) is 0 Å². The van der Waals surface area contributed by atoms with Crippen LogP contribution in [0.5, 0.6) is 0 Å². The zero-order valence-corrected chi connectivity index (χ0v) is 11.2. The van der Waals surface area contributed by atoms with Gasteiger partial charge in [0.25, 0.3) is 0 Å². The SMILES string of the molecule is CC[As](CC)c1ccc(C=CC=O)cc1. The molecule has 0 bridgehead atoms. The molecule has 0 saturated carbocycles. The molecule has 0 spiro atoms. The van der Waals surface area contributed by atoms with Crippen molar-refractivity contribution in [2.45, 2.75) is 24.3 Å². The summed E-state index contributed by atoms with van der Waals surface area (Å²) in [6, 6.07) is 8.64. The Labute approximate surface area is 96.5 Å². The van der Waals surface area contributed by atoms with Gasteiger partial charge in [0.05, 0.1) is 0 Å². The van der Waals surface area contributed by atoms with Crippen LogP contribution < -0.4 is 4.35 Å². The molecule has 1 aromatic carbocycles. The molecule has 1 rings (SSSR count). The molecule has 0 aromatic heterocycles. The summed E-state index contributed by atoms with van der Waals surface area (Å²) in [6.45, 7) is 4.56. The van der Waals surface area contributed by atoms with Crippen LogP contribution in [0.4, 0.5) is 0 Å². The molecule has 0 aliphatic rings. The van der Waals surface area contributed by atoms with Gasteiger partial charge in [-0.15, -0.1) is 0 Å². The fraction of sp³-hybridized carbons (Fsp3) is 0.308. The number of carbonyl (C=O) groups excluding carboxylic acids is 1.